The Hall–Kier alpha value is -1.52. The molecular formula is C6H9N3O3. The molecule has 0 aromatic heterocycles. The highest BCUT2D eigenvalue weighted by Gasteiger charge is 2.13. The highest BCUT2D eigenvalue weighted by molar-refractivity contribution is 6.25. The van der Waals surface area contributed by atoms with Gasteiger partial charge in [-0.25, -0.2) is 0 Å². The molecule has 0 fully saturated rings. The lowest BCUT2D eigenvalue weighted by Gasteiger charge is -2.01. The Labute approximate surface area is 77.1 Å². The first kappa shape index (κ1) is 3.93. The number of Topliss-reactive ketones (excluding diaryl/α,β-unsaturated/α-hetero) is 1. The summed E-state index contributed by atoms with van der Waals surface area (Å²) in [5, 5.41) is 8.71. The SMILES string of the molecule is [2H]C(C(=O)C=[N+]=[N-])C([2H])([2H])[C@@]([2H])(C(=O)O)N([2H])[2H]. The van der Waals surface area contributed by atoms with Crippen LogP contribution in [0.2, 0.25) is 2.82 Å². The minimum absolute atomic E-state index is 0.177. The van der Waals surface area contributed by atoms with E-state index in [1.54, 1.807) is 0 Å². The van der Waals surface area contributed by atoms with Gasteiger partial charge in [0.25, 0.3) is 0 Å². The minimum Gasteiger partial charge on any atom is -0.480 e. The fourth-order valence-corrected chi connectivity index (χ4v) is 0.295. The first-order valence-corrected chi connectivity index (χ1v) is 2.68. The first-order chi connectivity index (χ1) is 8.03. The van der Waals surface area contributed by atoms with E-state index in [1.165, 1.54) is 0 Å². The summed E-state index contributed by atoms with van der Waals surface area (Å²) in [4.78, 5) is 24.2. The van der Waals surface area contributed by atoms with Crippen LogP contribution in [0.1, 0.15) is 18.3 Å². The largest absolute Gasteiger partial charge is 0.480 e. The number of carbonyl (C=O) groups is 2. The van der Waals surface area contributed by atoms with Gasteiger partial charge in [0.1, 0.15) is 8.84 Å². The van der Waals surface area contributed by atoms with Crippen molar-refractivity contribution in [1.29, 1.82) is 0 Å². The lowest BCUT2D eigenvalue weighted by molar-refractivity contribution is -0.138. The summed E-state index contributed by atoms with van der Waals surface area (Å²) in [7, 11) is 0. The minimum atomic E-state index is -3.49. The third kappa shape index (κ3) is 4.32. The van der Waals surface area contributed by atoms with Crippen LogP contribution in [-0.4, -0.2) is 33.9 Å². The van der Waals surface area contributed by atoms with Crippen LogP contribution in [0.5, 0.6) is 0 Å². The number of hydrogen-bond acceptors (Lipinski definition) is 3. The Morgan fingerprint density at radius 1 is 2.00 bits per heavy atom. The van der Waals surface area contributed by atoms with Crippen molar-refractivity contribution in [2.45, 2.75) is 18.8 Å². The van der Waals surface area contributed by atoms with Crippen molar-refractivity contribution in [3.63, 3.8) is 0 Å². The molecule has 66 valence electrons. The summed E-state index contributed by atoms with van der Waals surface area (Å²) >= 11 is 0. The Balaban J connectivity index is 5.65. The van der Waals surface area contributed by atoms with Gasteiger partial charge in [0.05, 0.1) is 1.37 Å². The zero-order valence-corrected chi connectivity index (χ0v) is 5.76. The smallest absolute Gasteiger partial charge is 0.323 e. The molecule has 6 heteroatoms. The number of carboxylic acid groups (broad SMARTS) is 1. The Morgan fingerprint density at radius 3 is 3.08 bits per heavy atom. The van der Waals surface area contributed by atoms with Crippen LogP contribution in [-0.2, 0) is 9.59 Å². The molecule has 1 unspecified atom stereocenters. The molecule has 0 radical (unpaired) electrons. The number of nitrogens with zero attached hydrogens (tertiary/aromatic N) is 2. The maximum atomic E-state index is 11.1. The van der Waals surface area contributed by atoms with E-state index in [0.29, 0.717) is 0 Å². The fourth-order valence-electron chi connectivity index (χ4n) is 0.295. The van der Waals surface area contributed by atoms with Crippen molar-refractivity contribution in [3.05, 3.63) is 5.53 Å². The molecule has 0 amide bonds. The lowest BCUT2D eigenvalue weighted by atomic mass is 10.1. The Bertz CT molecular complexity index is 409. The summed E-state index contributed by atoms with van der Waals surface area (Å²) < 4.78 is 42.7. The molecule has 12 heavy (non-hydrogen) atoms. The maximum absolute atomic E-state index is 11.1. The molecule has 2 atom stereocenters. The molecule has 0 aliphatic heterocycles. The number of ketones is 1. The molecule has 0 aliphatic rings. The highest BCUT2D eigenvalue weighted by atomic mass is 16.4. The molecule has 3 N–H and O–H groups in total. The van der Waals surface area contributed by atoms with Crippen LogP contribution in [0, 0.1) is 0 Å². The second-order valence-corrected chi connectivity index (χ2v) is 1.59. The number of aliphatic carboxylic acids is 1. The summed E-state index contributed by atoms with van der Waals surface area (Å²) in [6, 6.07) is -3.49. The van der Waals surface area contributed by atoms with Gasteiger partial charge in [0.15, 0.2) is 0 Å². The van der Waals surface area contributed by atoms with Gasteiger partial charge in [-0.1, -0.05) is 0 Å². The molecule has 0 aromatic rings. The van der Waals surface area contributed by atoms with Gasteiger partial charge in [-0.05, 0) is 6.37 Å². The van der Waals surface area contributed by atoms with Gasteiger partial charge in [0, 0.05) is 10.5 Å². The van der Waals surface area contributed by atoms with E-state index in [9.17, 15) is 9.59 Å². The van der Waals surface area contributed by atoms with Crippen LogP contribution in [0.3, 0.4) is 0 Å². The molecule has 6 nitrogen and oxygen atoms in total. The van der Waals surface area contributed by atoms with E-state index in [4.69, 9.17) is 18.9 Å². The van der Waals surface area contributed by atoms with E-state index in [2.05, 4.69) is 4.79 Å². The molecule has 0 spiro atoms. The van der Waals surface area contributed by atoms with Gasteiger partial charge in [-0.2, -0.15) is 4.79 Å². The third-order valence-corrected chi connectivity index (χ3v) is 0.739. The molecule has 0 saturated heterocycles. The predicted molar refractivity (Wildman–Crippen MR) is 39.5 cm³/mol. The van der Waals surface area contributed by atoms with Crippen molar-refractivity contribution in [2.75, 3.05) is 0 Å². The molecule has 0 aromatic carbocycles. The van der Waals surface area contributed by atoms with Crippen LogP contribution in [0.15, 0.2) is 0 Å². The highest BCUT2D eigenvalue weighted by Crippen LogP contribution is 1.94. The Morgan fingerprint density at radius 2 is 2.67 bits per heavy atom. The number of nitrogens with two attached hydrogens (primary N) is 1. The van der Waals surface area contributed by atoms with Crippen LogP contribution in [0.4, 0.5) is 0 Å². The van der Waals surface area contributed by atoms with Gasteiger partial charge in [0.2, 0.25) is 5.78 Å². The van der Waals surface area contributed by atoms with Crippen molar-refractivity contribution in [3.8, 4) is 0 Å². The normalized spacial score (nSPS) is 25.4. The van der Waals surface area contributed by atoms with Crippen molar-refractivity contribution >= 4 is 18.0 Å². The van der Waals surface area contributed by atoms with Gasteiger partial charge < -0.3 is 16.4 Å². The fraction of sp³-hybridized carbons (Fsp3) is 0.500. The van der Waals surface area contributed by atoms with Gasteiger partial charge in [-0.3, -0.25) is 9.59 Å². The molecule has 0 saturated carbocycles. The second-order valence-electron chi connectivity index (χ2n) is 1.59. The number of carbonyl (C=O) groups excluding carboxylic acids is 1. The molecule has 0 aliphatic carbocycles. The van der Waals surface area contributed by atoms with Crippen molar-refractivity contribution < 1.29 is 27.8 Å². The zero-order valence-electron chi connectivity index (χ0n) is 11.8. The molecule has 0 heterocycles. The monoisotopic (exact) mass is 177 g/mol. The van der Waals surface area contributed by atoms with E-state index in [-0.39, 0.29) is 6.21 Å². The third-order valence-electron chi connectivity index (χ3n) is 0.739. The number of hydrogen-bond donors (Lipinski definition) is 2. The van der Waals surface area contributed by atoms with Gasteiger partial charge in [-0.15, -0.1) is 0 Å². The topological polar surface area (TPSA) is 117 Å². The van der Waals surface area contributed by atoms with E-state index in [0.717, 1.165) is 0 Å². The average Bonchev–Trinajstić information content (AvgIpc) is 2.26. The Kier molecular flexibility index (Phi) is 1.69. The molecular weight excluding hydrogens is 162 g/mol. The molecule has 0 bridgehead atoms. The number of rotatable bonds is 6. The van der Waals surface area contributed by atoms with Crippen molar-refractivity contribution in [1.82, 2.24) is 0 Å². The van der Waals surface area contributed by atoms with Crippen LogP contribution < -0.4 is 5.72 Å². The summed E-state index contributed by atoms with van der Waals surface area (Å²) in [5.74, 6) is -3.61. The standard InChI is InChI=1S/C6H9N3O3/c7-5(6(11)12)2-1-4(10)3-9-8/h3,5H,1-2,7H2,(H,11,12)/t5-/m0/s1/i1D,2D2,5D/hD2/t1?,5-. The zero-order chi connectivity index (χ0) is 14.7. The van der Waals surface area contributed by atoms with Crippen molar-refractivity contribution in [2.24, 2.45) is 5.72 Å². The maximum Gasteiger partial charge on any atom is 0.323 e. The first-order valence-electron chi connectivity index (χ1n) is 5.65. The lowest BCUT2D eigenvalue weighted by Crippen LogP contribution is -2.30. The summed E-state index contributed by atoms with van der Waals surface area (Å²) in [6.07, 6.45) is -5.66. The van der Waals surface area contributed by atoms with Gasteiger partial charge >= 0.3 is 12.2 Å². The number of carboxylic acids is 1. The second kappa shape index (κ2) is 5.17. The van der Waals surface area contributed by atoms with Crippen LogP contribution >= 0.6 is 0 Å². The quantitative estimate of drug-likeness (QED) is 0.309. The molecule has 0 rings (SSSR count). The van der Waals surface area contributed by atoms with E-state index < -0.39 is 36.3 Å². The van der Waals surface area contributed by atoms with E-state index in [1.807, 2.05) is 0 Å². The van der Waals surface area contributed by atoms with E-state index >= 15 is 0 Å². The van der Waals surface area contributed by atoms with Crippen LogP contribution in [0.25, 0.3) is 5.53 Å². The summed E-state index contributed by atoms with van der Waals surface area (Å²) in [5.41, 5.74) is 7.32. The average molecular weight is 177 g/mol. The predicted octanol–water partition coefficient (Wildman–Crippen LogP) is -0.952. The summed E-state index contributed by atoms with van der Waals surface area (Å²) in [6.45, 7) is 0.